The predicted octanol–water partition coefficient (Wildman–Crippen LogP) is 5.51. The van der Waals surface area contributed by atoms with Gasteiger partial charge in [0, 0.05) is 36.2 Å². The molecule has 5 aromatic rings. The van der Waals surface area contributed by atoms with Crippen LogP contribution < -0.4 is 0 Å². The van der Waals surface area contributed by atoms with Gasteiger partial charge < -0.3 is 8.80 Å². The molecule has 178 valence electrons. The fourth-order valence-corrected chi connectivity index (χ4v) is 4.59. The number of carbonyl (C=O) groups is 1. The molecule has 1 saturated carbocycles. The molecule has 35 heavy (non-hydrogen) atoms. The van der Waals surface area contributed by atoms with Crippen LogP contribution in [-0.2, 0) is 13.0 Å². The Morgan fingerprint density at radius 3 is 2.80 bits per heavy atom. The largest absolute Gasteiger partial charge is 0.306 e. The van der Waals surface area contributed by atoms with Crippen molar-refractivity contribution in [2.75, 3.05) is 0 Å². The number of nitrogens with zero attached hydrogens (tertiary/aromatic N) is 6. The van der Waals surface area contributed by atoms with Gasteiger partial charge in [-0.25, -0.2) is 18.7 Å². The SMILES string of the molecule is O=C(CCc1ncn2ccc(Cl)cc12)c1cn(Cc2cn3cc(C4CC4)ccc3n2)nc1C(F)F. The number of alkyl halides is 2. The molecule has 7 nitrogen and oxygen atoms in total. The van der Waals surface area contributed by atoms with E-state index in [4.69, 9.17) is 11.6 Å². The molecule has 6 rings (SSSR count). The summed E-state index contributed by atoms with van der Waals surface area (Å²) in [5.41, 5.74) is 3.64. The predicted molar refractivity (Wildman–Crippen MR) is 126 cm³/mol. The Morgan fingerprint density at radius 2 is 2.00 bits per heavy atom. The normalized spacial score (nSPS) is 13.9. The van der Waals surface area contributed by atoms with Crippen molar-refractivity contribution in [3.8, 4) is 0 Å². The molecule has 10 heteroatoms. The van der Waals surface area contributed by atoms with Crippen molar-refractivity contribution < 1.29 is 13.6 Å². The Morgan fingerprint density at radius 1 is 1.14 bits per heavy atom. The number of aromatic nitrogens is 6. The summed E-state index contributed by atoms with van der Waals surface area (Å²) in [5, 5.41) is 4.58. The maximum Gasteiger partial charge on any atom is 0.282 e. The quantitative estimate of drug-likeness (QED) is 0.267. The Bertz CT molecular complexity index is 1570. The third-order valence-corrected chi connectivity index (χ3v) is 6.60. The van der Waals surface area contributed by atoms with E-state index in [-0.39, 0.29) is 18.5 Å². The van der Waals surface area contributed by atoms with E-state index in [2.05, 4.69) is 27.3 Å². The molecule has 1 aliphatic rings. The van der Waals surface area contributed by atoms with Crippen molar-refractivity contribution in [1.29, 1.82) is 0 Å². The summed E-state index contributed by atoms with van der Waals surface area (Å²) < 4.78 is 32.6. The molecule has 0 bridgehead atoms. The Labute approximate surface area is 204 Å². The number of pyridine rings is 2. The number of ketones is 1. The molecule has 0 saturated heterocycles. The van der Waals surface area contributed by atoms with Crippen molar-refractivity contribution in [3.63, 3.8) is 0 Å². The smallest absolute Gasteiger partial charge is 0.282 e. The summed E-state index contributed by atoms with van der Waals surface area (Å²) in [6.07, 6.45) is 8.65. The fourth-order valence-electron chi connectivity index (χ4n) is 4.43. The van der Waals surface area contributed by atoms with Crippen LogP contribution >= 0.6 is 11.6 Å². The standard InChI is InChI=1S/C25H21ClF2N6O/c26-17-7-8-32-14-29-20(21(32)9-17)4-5-22(35)19-13-34(31-24(19)25(27)28)12-18-11-33-10-16(15-1-2-15)3-6-23(33)30-18/h3,6-11,13-15,25H,1-2,4-5,12H2. The van der Waals surface area contributed by atoms with Crippen molar-refractivity contribution in [3.05, 3.63) is 88.6 Å². The van der Waals surface area contributed by atoms with E-state index in [1.807, 2.05) is 16.7 Å². The first-order chi connectivity index (χ1) is 16.9. The average Bonchev–Trinajstić information content (AvgIpc) is 3.29. The minimum atomic E-state index is -2.86. The van der Waals surface area contributed by atoms with Crippen molar-refractivity contribution >= 4 is 28.5 Å². The number of halogens is 3. The van der Waals surface area contributed by atoms with Gasteiger partial charge in [-0.05, 0) is 48.9 Å². The molecule has 0 aliphatic heterocycles. The molecule has 0 unspecified atom stereocenters. The minimum absolute atomic E-state index is 0.0307. The first-order valence-electron chi connectivity index (χ1n) is 11.4. The molecule has 0 radical (unpaired) electrons. The van der Waals surface area contributed by atoms with Crippen molar-refractivity contribution in [2.45, 2.75) is 44.6 Å². The zero-order chi connectivity index (χ0) is 24.1. The van der Waals surface area contributed by atoms with Crippen LogP contribution in [0.3, 0.4) is 0 Å². The Balaban J connectivity index is 1.21. The van der Waals surface area contributed by atoms with Gasteiger partial charge in [-0.15, -0.1) is 0 Å². The molecular formula is C25H21ClF2N6O. The molecule has 0 N–H and O–H groups in total. The zero-order valence-corrected chi connectivity index (χ0v) is 19.4. The van der Waals surface area contributed by atoms with Crippen LogP contribution in [-0.4, -0.2) is 34.3 Å². The molecule has 5 heterocycles. The Hall–Kier alpha value is -3.59. The third kappa shape index (κ3) is 4.32. The second-order valence-electron chi connectivity index (χ2n) is 8.91. The van der Waals surface area contributed by atoms with E-state index in [1.54, 1.807) is 29.1 Å². The van der Waals surface area contributed by atoms with Crippen LogP contribution in [0, 0.1) is 0 Å². The van der Waals surface area contributed by atoms with Gasteiger partial charge in [0.2, 0.25) is 0 Å². The number of hydrogen-bond donors (Lipinski definition) is 0. The van der Waals surface area contributed by atoms with E-state index in [0.29, 0.717) is 28.7 Å². The molecule has 5 aromatic heterocycles. The van der Waals surface area contributed by atoms with Crippen molar-refractivity contribution in [1.82, 2.24) is 28.5 Å². The van der Waals surface area contributed by atoms with Gasteiger partial charge in [0.05, 0.1) is 35.3 Å². The van der Waals surface area contributed by atoms with E-state index in [0.717, 1.165) is 11.2 Å². The van der Waals surface area contributed by atoms with Gasteiger partial charge in [-0.3, -0.25) is 9.48 Å². The fraction of sp³-hybridized carbons (Fsp3) is 0.280. The van der Waals surface area contributed by atoms with Gasteiger partial charge in [-0.2, -0.15) is 5.10 Å². The average molecular weight is 495 g/mol. The monoisotopic (exact) mass is 494 g/mol. The van der Waals surface area contributed by atoms with Crippen LogP contribution in [0.5, 0.6) is 0 Å². The maximum atomic E-state index is 13.7. The summed E-state index contributed by atoms with van der Waals surface area (Å²) >= 11 is 6.07. The van der Waals surface area contributed by atoms with Gasteiger partial charge in [0.25, 0.3) is 6.43 Å². The third-order valence-electron chi connectivity index (χ3n) is 6.36. The van der Waals surface area contributed by atoms with Crippen molar-refractivity contribution in [2.24, 2.45) is 0 Å². The summed E-state index contributed by atoms with van der Waals surface area (Å²) in [5.74, 6) is 0.217. The summed E-state index contributed by atoms with van der Waals surface area (Å²) in [4.78, 5) is 21.8. The second-order valence-corrected chi connectivity index (χ2v) is 9.35. The molecule has 0 atom stereocenters. The van der Waals surface area contributed by atoms with Crippen LogP contribution in [0.4, 0.5) is 8.78 Å². The number of aryl methyl sites for hydroxylation is 1. The van der Waals surface area contributed by atoms with Crippen LogP contribution in [0.2, 0.25) is 5.02 Å². The van der Waals surface area contributed by atoms with Gasteiger partial charge in [-0.1, -0.05) is 17.7 Å². The first-order valence-corrected chi connectivity index (χ1v) is 11.8. The number of Topliss-reactive ketones (excluding diaryl/α,β-unsaturated/α-hetero) is 1. The number of imidazole rings is 2. The first kappa shape index (κ1) is 21.9. The second kappa shape index (κ2) is 8.57. The Kier molecular flexibility index (Phi) is 5.36. The molecule has 0 amide bonds. The van der Waals surface area contributed by atoms with E-state index in [1.165, 1.54) is 29.3 Å². The number of rotatable bonds is 8. The summed E-state index contributed by atoms with van der Waals surface area (Å²) in [6.45, 7) is 0.192. The highest BCUT2D eigenvalue weighted by Crippen LogP contribution is 2.39. The number of hydrogen-bond acceptors (Lipinski definition) is 4. The number of fused-ring (bicyclic) bond motifs is 2. The van der Waals surface area contributed by atoms with Crippen LogP contribution in [0.1, 0.15) is 64.6 Å². The topological polar surface area (TPSA) is 69.5 Å². The molecule has 0 spiro atoms. The zero-order valence-electron chi connectivity index (χ0n) is 18.6. The van der Waals surface area contributed by atoms with Gasteiger partial charge in [0.15, 0.2) is 5.78 Å². The van der Waals surface area contributed by atoms with Crippen LogP contribution in [0.25, 0.3) is 11.2 Å². The van der Waals surface area contributed by atoms with Gasteiger partial charge >= 0.3 is 0 Å². The maximum absolute atomic E-state index is 13.7. The van der Waals surface area contributed by atoms with Gasteiger partial charge in [0.1, 0.15) is 11.3 Å². The van der Waals surface area contributed by atoms with E-state index in [9.17, 15) is 13.6 Å². The van der Waals surface area contributed by atoms with E-state index < -0.39 is 17.9 Å². The minimum Gasteiger partial charge on any atom is -0.306 e. The highest BCUT2D eigenvalue weighted by atomic mass is 35.5. The lowest BCUT2D eigenvalue weighted by atomic mass is 10.1. The summed E-state index contributed by atoms with van der Waals surface area (Å²) in [6, 6.07) is 7.55. The molecular weight excluding hydrogens is 474 g/mol. The molecule has 0 aromatic carbocycles. The lowest BCUT2D eigenvalue weighted by Crippen LogP contribution is -2.04. The lowest BCUT2D eigenvalue weighted by molar-refractivity contribution is 0.0967. The highest BCUT2D eigenvalue weighted by molar-refractivity contribution is 6.30. The van der Waals surface area contributed by atoms with E-state index >= 15 is 0 Å². The number of carbonyl (C=O) groups excluding carboxylic acids is 1. The molecule has 1 aliphatic carbocycles. The lowest BCUT2D eigenvalue weighted by Gasteiger charge is -2.01. The van der Waals surface area contributed by atoms with Crippen LogP contribution in [0.15, 0.2) is 55.4 Å². The molecule has 1 fully saturated rings. The highest BCUT2D eigenvalue weighted by Gasteiger charge is 2.25. The summed E-state index contributed by atoms with van der Waals surface area (Å²) in [7, 11) is 0.